The van der Waals surface area contributed by atoms with Crippen molar-refractivity contribution in [3.05, 3.63) is 46.4 Å². The van der Waals surface area contributed by atoms with Gasteiger partial charge in [-0.1, -0.05) is 22.8 Å². The molecule has 2 aromatic heterocycles. The predicted molar refractivity (Wildman–Crippen MR) is 102 cm³/mol. The summed E-state index contributed by atoms with van der Waals surface area (Å²) in [4.78, 5) is 19.0. The first kappa shape index (κ1) is 18.5. The van der Waals surface area contributed by atoms with Crippen molar-refractivity contribution in [2.45, 2.75) is 32.9 Å². The van der Waals surface area contributed by atoms with E-state index in [1.165, 1.54) is 0 Å². The van der Waals surface area contributed by atoms with E-state index < -0.39 is 6.10 Å². The van der Waals surface area contributed by atoms with Crippen LogP contribution in [-0.4, -0.2) is 43.4 Å². The molecule has 0 radical (unpaired) electrons. The second kappa shape index (κ2) is 7.27. The van der Waals surface area contributed by atoms with Gasteiger partial charge in [0.1, 0.15) is 5.75 Å². The third-order valence-corrected chi connectivity index (χ3v) is 4.98. The van der Waals surface area contributed by atoms with E-state index >= 15 is 0 Å². The van der Waals surface area contributed by atoms with Crippen molar-refractivity contribution in [2.24, 2.45) is 7.05 Å². The van der Waals surface area contributed by atoms with Gasteiger partial charge in [-0.25, -0.2) is 0 Å². The Morgan fingerprint density at radius 1 is 1.39 bits per heavy atom. The summed E-state index contributed by atoms with van der Waals surface area (Å²) < 4.78 is 12.9. The van der Waals surface area contributed by atoms with Crippen LogP contribution in [0.4, 0.5) is 0 Å². The highest BCUT2D eigenvalue weighted by Crippen LogP contribution is 2.29. The molecule has 1 atom stereocenters. The van der Waals surface area contributed by atoms with Crippen LogP contribution in [0.15, 0.2) is 28.8 Å². The highest BCUT2D eigenvalue weighted by atomic mass is 35.5. The van der Waals surface area contributed by atoms with E-state index in [-0.39, 0.29) is 5.91 Å². The van der Waals surface area contributed by atoms with Crippen LogP contribution in [0, 0.1) is 6.92 Å². The first-order valence-corrected chi connectivity index (χ1v) is 9.36. The molecule has 4 rings (SSSR count). The van der Waals surface area contributed by atoms with Gasteiger partial charge >= 0.3 is 0 Å². The van der Waals surface area contributed by atoms with Gasteiger partial charge in [0.05, 0.1) is 0 Å². The lowest BCUT2D eigenvalue weighted by Gasteiger charge is -2.29. The Balaban J connectivity index is 1.54. The van der Waals surface area contributed by atoms with E-state index in [9.17, 15) is 4.79 Å². The minimum atomic E-state index is -0.634. The molecule has 0 spiro atoms. The van der Waals surface area contributed by atoms with Crippen molar-refractivity contribution < 1.29 is 14.1 Å². The van der Waals surface area contributed by atoms with E-state index in [0.717, 1.165) is 11.3 Å². The van der Waals surface area contributed by atoms with Gasteiger partial charge in [-0.2, -0.15) is 10.1 Å². The molecular formula is C19H20ClN5O3. The summed E-state index contributed by atoms with van der Waals surface area (Å²) in [6.45, 7) is 4.51. The van der Waals surface area contributed by atoms with Crippen molar-refractivity contribution in [3.63, 3.8) is 0 Å². The lowest BCUT2D eigenvalue weighted by atomic mass is 10.0. The first-order chi connectivity index (χ1) is 13.4. The molecular weight excluding hydrogens is 382 g/mol. The van der Waals surface area contributed by atoms with Crippen molar-refractivity contribution in [1.82, 2.24) is 24.8 Å². The topological polar surface area (TPSA) is 86.3 Å². The molecule has 8 nitrogen and oxygen atoms in total. The van der Waals surface area contributed by atoms with Crippen LogP contribution in [0.5, 0.6) is 5.75 Å². The molecule has 1 aromatic carbocycles. The summed E-state index contributed by atoms with van der Waals surface area (Å²) in [7, 11) is 1.88. The summed E-state index contributed by atoms with van der Waals surface area (Å²) in [5.41, 5.74) is 2.62. The summed E-state index contributed by atoms with van der Waals surface area (Å²) in [5, 5.41) is 8.93. The number of hydrogen-bond acceptors (Lipinski definition) is 6. The monoisotopic (exact) mass is 401 g/mol. The maximum Gasteiger partial charge on any atom is 0.278 e. The Morgan fingerprint density at radius 2 is 2.21 bits per heavy atom. The summed E-state index contributed by atoms with van der Waals surface area (Å²) in [6.07, 6.45) is 0.0625. The third-order valence-electron chi connectivity index (χ3n) is 4.74. The number of halogens is 1. The van der Waals surface area contributed by atoms with Gasteiger partial charge in [0.2, 0.25) is 0 Å². The molecule has 1 amide bonds. The lowest BCUT2D eigenvalue weighted by Crippen LogP contribution is -2.43. The predicted octanol–water partition coefficient (Wildman–Crippen LogP) is 2.78. The highest BCUT2D eigenvalue weighted by Gasteiger charge is 2.31. The zero-order chi connectivity index (χ0) is 19.8. The fourth-order valence-corrected chi connectivity index (χ4v) is 3.58. The molecule has 0 fully saturated rings. The molecule has 3 aromatic rings. The number of amides is 1. The number of carbonyl (C=O) groups excluding carboxylic acids is 1. The summed E-state index contributed by atoms with van der Waals surface area (Å²) in [6, 6.07) is 7.02. The smallest absolute Gasteiger partial charge is 0.278 e. The summed E-state index contributed by atoms with van der Waals surface area (Å²) >= 11 is 5.99. The number of rotatable bonds is 4. The minimum absolute atomic E-state index is 0.0952. The quantitative estimate of drug-likeness (QED) is 0.668. The Labute approximate surface area is 167 Å². The molecule has 3 heterocycles. The van der Waals surface area contributed by atoms with Crippen molar-refractivity contribution in [2.75, 3.05) is 6.54 Å². The normalized spacial score (nSPS) is 14.6. The van der Waals surface area contributed by atoms with E-state index in [1.807, 2.05) is 11.7 Å². The lowest BCUT2D eigenvalue weighted by molar-refractivity contribution is -0.138. The zero-order valence-electron chi connectivity index (χ0n) is 15.8. The number of hydrogen-bond donors (Lipinski definition) is 0. The second-order valence-corrected chi connectivity index (χ2v) is 7.21. The zero-order valence-corrected chi connectivity index (χ0v) is 16.6. The summed E-state index contributed by atoms with van der Waals surface area (Å²) in [5.74, 6) is 1.38. The van der Waals surface area contributed by atoms with Crippen LogP contribution in [0.1, 0.15) is 24.0 Å². The molecule has 1 aliphatic rings. The van der Waals surface area contributed by atoms with E-state index in [4.69, 9.17) is 20.9 Å². The second-order valence-electron chi connectivity index (χ2n) is 6.77. The van der Waals surface area contributed by atoms with Gasteiger partial charge in [-0.05, 0) is 32.0 Å². The molecule has 0 bridgehead atoms. The van der Waals surface area contributed by atoms with Gasteiger partial charge in [0, 0.05) is 42.8 Å². The maximum absolute atomic E-state index is 12.9. The molecule has 0 saturated heterocycles. The Morgan fingerprint density at radius 3 is 2.93 bits per heavy atom. The molecule has 0 saturated carbocycles. The number of aromatic nitrogens is 4. The highest BCUT2D eigenvalue weighted by molar-refractivity contribution is 6.30. The van der Waals surface area contributed by atoms with Crippen molar-refractivity contribution >= 4 is 17.5 Å². The van der Waals surface area contributed by atoms with Gasteiger partial charge in [0.15, 0.2) is 17.6 Å². The third kappa shape index (κ3) is 3.47. The minimum Gasteiger partial charge on any atom is -0.481 e. The standard InChI is InChI=1S/C19H20ClN5O3/c1-11(27-14-6-4-5-13(20)9-14)19(26)25-8-7-16-15(10-25)17(22-24(16)3)18-21-12(2)23-28-18/h4-6,9,11H,7-8,10H2,1-3H3. The molecule has 1 unspecified atom stereocenters. The number of carbonyl (C=O) groups is 1. The van der Waals surface area contributed by atoms with Gasteiger partial charge in [-0.15, -0.1) is 0 Å². The number of fused-ring (bicyclic) bond motifs is 1. The van der Waals surface area contributed by atoms with Gasteiger partial charge in [0.25, 0.3) is 11.8 Å². The van der Waals surface area contributed by atoms with Crippen LogP contribution >= 0.6 is 11.6 Å². The fraction of sp³-hybridized carbons (Fsp3) is 0.368. The van der Waals surface area contributed by atoms with Crippen LogP contribution < -0.4 is 4.74 Å². The Bertz CT molecular complexity index is 1030. The molecule has 0 N–H and O–H groups in total. The number of nitrogens with zero attached hydrogens (tertiary/aromatic N) is 5. The Hall–Kier alpha value is -2.87. The first-order valence-electron chi connectivity index (χ1n) is 8.99. The van der Waals surface area contributed by atoms with Crippen LogP contribution in [0.3, 0.4) is 0 Å². The van der Waals surface area contributed by atoms with Gasteiger partial charge < -0.3 is 14.2 Å². The fourth-order valence-electron chi connectivity index (χ4n) is 3.40. The van der Waals surface area contributed by atoms with Crippen molar-refractivity contribution in [1.29, 1.82) is 0 Å². The SMILES string of the molecule is Cc1noc(-c2nn(C)c3c2CN(C(=O)C(C)Oc2cccc(Cl)c2)CC3)n1. The van der Waals surface area contributed by atoms with Crippen LogP contribution in [0.2, 0.25) is 5.02 Å². The molecule has 1 aliphatic heterocycles. The van der Waals surface area contributed by atoms with E-state index in [0.29, 0.717) is 47.7 Å². The number of benzene rings is 1. The van der Waals surface area contributed by atoms with Crippen LogP contribution in [-0.2, 0) is 24.8 Å². The van der Waals surface area contributed by atoms with Gasteiger partial charge in [-0.3, -0.25) is 9.48 Å². The largest absolute Gasteiger partial charge is 0.481 e. The number of ether oxygens (including phenoxy) is 1. The van der Waals surface area contributed by atoms with Crippen LogP contribution in [0.25, 0.3) is 11.6 Å². The van der Waals surface area contributed by atoms with Crippen molar-refractivity contribution in [3.8, 4) is 17.3 Å². The molecule has 28 heavy (non-hydrogen) atoms. The molecule has 9 heteroatoms. The maximum atomic E-state index is 12.9. The average Bonchev–Trinajstić information content (AvgIpc) is 3.24. The van der Waals surface area contributed by atoms with E-state index in [2.05, 4.69) is 15.2 Å². The van der Waals surface area contributed by atoms with E-state index in [1.54, 1.807) is 43.0 Å². The average molecular weight is 402 g/mol. The molecule has 146 valence electrons. The number of aryl methyl sites for hydroxylation is 2. The Kier molecular flexibility index (Phi) is 4.80. The molecule has 0 aliphatic carbocycles.